The monoisotopic (exact) mass is 362 g/mol. The smallest absolute Gasteiger partial charge is 0.338 e. The molecule has 6 nitrogen and oxygen atoms in total. The van der Waals surface area contributed by atoms with Crippen LogP contribution in [0.5, 0.6) is 0 Å². The first-order valence-electron chi connectivity index (χ1n) is 6.92. The van der Waals surface area contributed by atoms with Crippen molar-refractivity contribution in [2.24, 2.45) is 0 Å². The molecule has 1 aromatic carbocycles. The number of Topliss-reactive ketones (excluding diaryl/α,β-unsaturated/α-hetero) is 1. The molecular weight excluding hydrogens is 352 g/mol. The van der Waals surface area contributed by atoms with E-state index in [0.717, 1.165) is 17.3 Å². The maximum atomic E-state index is 12.4. The summed E-state index contributed by atoms with van der Waals surface area (Å²) in [5, 5.41) is 12.3. The van der Waals surface area contributed by atoms with Gasteiger partial charge in [-0.3, -0.25) is 9.59 Å². The van der Waals surface area contributed by atoms with Gasteiger partial charge in [-0.25, -0.2) is 9.78 Å². The number of carboxylic acids is 1. The van der Waals surface area contributed by atoms with Gasteiger partial charge in [-0.15, -0.1) is 0 Å². The summed E-state index contributed by atoms with van der Waals surface area (Å²) in [6.45, 7) is 0. The zero-order valence-corrected chi connectivity index (χ0v) is 13.8. The highest BCUT2D eigenvalue weighted by molar-refractivity contribution is 8.00. The molecule has 0 unspecified atom stereocenters. The Morgan fingerprint density at radius 1 is 1.33 bits per heavy atom. The van der Waals surface area contributed by atoms with Gasteiger partial charge in [0.15, 0.2) is 5.78 Å². The number of hydrogen-bond donors (Lipinski definition) is 2. The van der Waals surface area contributed by atoms with Crippen molar-refractivity contribution in [3.05, 3.63) is 52.2 Å². The Balaban J connectivity index is 1.78. The summed E-state index contributed by atoms with van der Waals surface area (Å²) in [7, 11) is 0. The molecule has 0 spiro atoms. The fourth-order valence-corrected chi connectivity index (χ4v) is 3.48. The normalized spacial score (nSPS) is 12.6. The fraction of sp³-hybridized carbons (Fsp3) is 0.125. The molecule has 1 amide bonds. The number of aromatic nitrogens is 1. The molecule has 0 atom stereocenters. The molecule has 0 fully saturated rings. The molecule has 0 saturated heterocycles. The molecule has 1 aliphatic rings. The van der Waals surface area contributed by atoms with Crippen molar-refractivity contribution in [3.8, 4) is 0 Å². The zero-order valence-electron chi connectivity index (χ0n) is 12.2. The molecule has 2 aromatic rings. The average molecular weight is 363 g/mol. The number of hydrogen-bond acceptors (Lipinski definition) is 5. The van der Waals surface area contributed by atoms with Crippen molar-refractivity contribution in [2.45, 2.75) is 11.4 Å². The Bertz CT molecular complexity index is 869. The van der Waals surface area contributed by atoms with Crippen LogP contribution >= 0.6 is 23.4 Å². The number of nitrogens with zero attached hydrogens (tertiary/aromatic N) is 1. The average Bonchev–Trinajstić information content (AvgIpc) is 2.90. The number of aromatic carboxylic acids is 1. The minimum Gasteiger partial charge on any atom is -0.478 e. The van der Waals surface area contributed by atoms with E-state index >= 15 is 0 Å². The molecule has 122 valence electrons. The Labute approximate surface area is 146 Å². The predicted octanol–water partition coefficient (Wildman–Crippen LogP) is 2.90. The standard InChI is InChI=1S/C16H11ClN2O4S/c17-11-6-12-8(5-14(21)19-12)4-10(11)13(20)7-24-15-9(16(22)23)2-1-3-18-15/h1-4,6H,5,7H2,(H,19,21)(H,22,23). The predicted molar refractivity (Wildman–Crippen MR) is 90.0 cm³/mol. The van der Waals surface area contributed by atoms with Gasteiger partial charge < -0.3 is 10.4 Å². The Morgan fingerprint density at radius 3 is 2.88 bits per heavy atom. The van der Waals surface area contributed by atoms with E-state index in [1.165, 1.54) is 18.3 Å². The third kappa shape index (κ3) is 3.27. The number of anilines is 1. The number of fused-ring (bicyclic) bond motifs is 1. The lowest BCUT2D eigenvalue weighted by molar-refractivity contribution is -0.115. The quantitative estimate of drug-likeness (QED) is 0.627. The zero-order chi connectivity index (χ0) is 17.3. The van der Waals surface area contributed by atoms with Gasteiger partial charge in [0.05, 0.1) is 22.8 Å². The van der Waals surface area contributed by atoms with E-state index in [0.29, 0.717) is 11.3 Å². The summed E-state index contributed by atoms with van der Waals surface area (Å²) in [6.07, 6.45) is 1.68. The van der Waals surface area contributed by atoms with Crippen LogP contribution in [-0.2, 0) is 11.2 Å². The molecule has 0 aliphatic carbocycles. The third-order valence-electron chi connectivity index (χ3n) is 3.46. The summed E-state index contributed by atoms with van der Waals surface area (Å²) >= 11 is 7.16. The van der Waals surface area contributed by atoms with Crippen molar-refractivity contribution < 1.29 is 19.5 Å². The number of amides is 1. The number of thioether (sulfide) groups is 1. The summed E-state index contributed by atoms with van der Waals surface area (Å²) in [4.78, 5) is 39.0. The van der Waals surface area contributed by atoms with Crippen molar-refractivity contribution >= 4 is 46.7 Å². The van der Waals surface area contributed by atoms with Crippen LogP contribution in [0, 0.1) is 0 Å². The first-order chi connectivity index (χ1) is 11.5. The van der Waals surface area contributed by atoms with Crippen LogP contribution in [-0.4, -0.2) is 33.5 Å². The molecule has 8 heteroatoms. The van der Waals surface area contributed by atoms with Crippen molar-refractivity contribution in [1.29, 1.82) is 0 Å². The van der Waals surface area contributed by atoms with Crippen LogP contribution < -0.4 is 5.32 Å². The second-order valence-corrected chi connectivity index (χ2v) is 6.46. The second-order valence-electron chi connectivity index (χ2n) is 5.09. The lowest BCUT2D eigenvalue weighted by atomic mass is 10.1. The molecule has 3 rings (SSSR count). The van der Waals surface area contributed by atoms with Crippen LogP contribution in [0.2, 0.25) is 5.02 Å². The number of halogens is 1. The number of carbonyl (C=O) groups excluding carboxylic acids is 2. The van der Waals surface area contributed by atoms with Crippen LogP contribution in [0.3, 0.4) is 0 Å². The number of pyridine rings is 1. The maximum Gasteiger partial charge on any atom is 0.338 e. The third-order valence-corrected chi connectivity index (χ3v) is 4.78. The van der Waals surface area contributed by atoms with E-state index in [4.69, 9.17) is 16.7 Å². The van der Waals surface area contributed by atoms with Gasteiger partial charge in [0.25, 0.3) is 0 Å². The Hall–Kier alpha value is -2.38. The van der Waals surface area contributed by atoms with E-state index in [9.17, 15) is 14.4 Å². The first kappa shape index (κ1) is 16.5. The van der Waals surface area contributed by atoms with Gasteiger partial charge in [0.2, 0.25) is 5.91 Å². The molecule has 0 radical (unpaired) electrons. The molecule has 24 heavy (non-hydrogen) atoms. The number of ketones is 1. The Kier molecular flexibility index (Phi) is 4.55. The van der Waals surface area contributed by atoms with Crippen LogP contribution in [0.4, 0.5) is 5.69 Å². The molecule has 0 bridgehead atoms. The van der Waals surface area contributed by atoms with Crippen LogP contribution in [0.1, 0.15) is 26.3 Å². The van der Waals surface area contributed by atoms with Crippen LogP contribution in [0.15, 0.2) is 35.5 Å². The molecule has 1 aromatic heterocycles. The molecule has 1 aliphatic heterocycles. The lowest BCUT2D eigenvalue weighted by Gasteiger charge is -2.07. The minimum atomic E-state index is -1.10. The largest absolute Gasteiger partial charge is 0.478 e. The molecular formula is C16H11ClN2O4S. The van der Waals surface area contributed by atoms with Gasteiger partial charge in [0.1, 0.15) is 5.03 Å². The summed E-state index contributed by atoms with van der Waals surface area (Å²) in [5.41, 5.74) is 1.70. The lowest BCUT2D eigenvalue weighted by Crippen LogP contribution is -2.06. The van der Waals surface area contributed by atoms with Gasteiger partial charge in [0, 0.05) is 17.4 Å². The van der Waals surface area contributed by atoms with Crippen molar-refractivity contribution in [1.82, 2.24) is 4.98 Å². The van der Waals surface area contributed by atoms with Gasteiger partial charge in [-0.1, -0.05) is 23.4 Å². The van der Waals surface area contributed by atoms with Crippen molar-refractivity contribution in [3.63, 3.8) is 0 Å². The van der Waals surface area contributed by atoms with Crippen molar-refractivity contribution in [2.75, 3.05) is 11.1 Å². The second kappa shape index (κ2) is 6.62. The molecule has 2 N–H and O–H groups in total. The minimum absolute atomic E-state index is 0.00280. The SMILES string of the molecule is O=C1Cc2cc(C(=O)CSc3ncccc3C(=O)O)c(Cl)cc2N1. The van der Waals surface area contributed by atoms with Gasteiger partial charge in [-0.05, 0) is 29.8 Å². The van der Waals surface area contributed by atoms with E-state index < -0.39 is 5.97 Å². The number of carboxylic acid groups (broad SMARTS) is 1. The maximum absolute atomic E-state index is 12.4. The van der Waals surface area contributed by atoms with E-state index in [1.54, 1.807) is 12.1 Å². The van der Waals surface area contributed by atoms with E-state index in [1.807, 2.05) is 0 Å². The topological polar surface area (TPSA) is 96.4 Å². The first-order valence-corrected chi connectivity index (χ1v) is 8.28. The number of carbonyl (C=O) groups is 3. The highest BCUT2D eigenvalue weighted by Crippen LogP contribution is 2.31. The highest BCUT2D eigenvalue weighted by atomic mass is 35.5. The Morgan fingerprint density at radius 2 is 2.12 bits per heavy atom. The molecule has 0 saturated carbocycles. The summed E-state index contributed by atoms with van der Waals surface area (Å²) < 4.78 is 0. The fourth-order valence-electron chi connectivity index (χ4n) is 2.34. The number of rotatable bonds is 5. The van der Waals surface area contributed by atoms with Gasteiger partial charge in [-0.2, -0.15) is 0 Å². The molecule has 2 heterocycles. The number of nitrogens with one attached hydrogen (secondary N) is 1. The van der Waals surface area contributed by atoms with Gasteiger partial charge >= 0.3 is 5.97 Å². The highest BCUT2D eigenvalue weighted by Gasteiger charge is 2.22. The van der Waals surface area contributed by atoms with Crippen LogP contribution in [0.25, 0.3) is 0 Å². The number of benzene rings is 1. The van der Waals surface area contributed by atoms with E-state index in [-0.39, 0.29) is 39.5 Å². The van der Waals surface area contributed by atoms with E-state index in [2.05, 4.69) is 10.3 Å². The summed E-state index contributed by atoms with van der Waals surface area (Å²) in [5.74, 6) is -1.50. The summed E-state index contributed by atoms with van der Waals surface area (Å²) in [6, 6.07) is 6.12.